The molecule has 27 heteroatoms. The molecule has 0 aromatic carbocycles. The zero-order valence-corrected chi connectivity index (χ0v) is 48.2. The van der Waals surface area contributed by atoms with Gasteiger partial charge in [0, 0.05) is 56.6 Å². The van der Waals surface area contributed by atoms with Crippen molar-refractivity contribution < 1.29 is 100 Å². The lowest BCUT2D eigenvalue weighted by atomic mass is 10.6. The molecule has 4 aromatic rings. The minimum Gasteiger partial charge on any atom is -1.00 e. The lowest BCUT2D eigenvalue weighted by molar-refractivity contribution is -0.698. The summed E-state index contributed by atoms with van der Waals surface area (Å²) in [5.41, 5.74) is 0. The molecule has 0 fully saturated rings. The van der Waals surface area contributed by atoms with E-state index >= 15 is 0 Å². The molecule has 1 aliphatic heterocycles. The molecule has 0 unspecified atom stereocenters. The van der Waals surface area contributed by atoms with Crippen molar-refractivity contribution in [3.63, 3.8) is 0 Å². The van der Waals surface area contributed by atoms with E-state index in [0.29, 0.717) is 197 Å². The van der Waals surface area contributed by atoms with Crippen molar-refractivity contribution >= 4 is 23.2 Å². The van der Waals surface area contributed by atoms with E-state index in [-0.39, 0.29) is 24.8 Å². The van der Waals surface area contributed by atoms with Crippen LogP contribution in [0, 0.1) is 11.3 Å². The van der Waals surface area contributed by atoms with E-state index in [1.165, 1.54) is 6.92 Å². The van der Waals surface area contributed by atoms with Gasteiger partial charge >= 0.3 is 0 Å². The van der Waals surface area contributed by atoms with Gasteiger partial charge < -0.3 is 100 Å². The minimum atomic E-state index is 0. The number of fused-ring (bicyclic) bond motifs is 4. The van der Waals surface area contributed by atoms with Crippen LogP contribution in [0.3, 0.4) is 0 Å². The summed E-state index contributed by atoms with van der Waals surface area (Å²) in [4.78, 5) is 7.93. The summed E-state index contributed by atoms with van der Waals surface area (Å²) in [7, 11) is 0. The molecule has 23 nitrogen and oxygen atoms in total. The summed E-state index contributed by atoms with van der Waals surface area (Å²) in [6.45, 7) is 22.9. The standard InChI is InChI=1S/C24H42N4O7.C14H22N4O3.C10H20Cl2O4.C2H3N.2ClH/c1-3-27-7-11-31-15-19-34-21-22-35-20-16-32-12-8-28-4-2-26(24-28)6-10-30-14-18-33-17-13-29-9-5-25(1)23-27;1-3-17(13-15-1)5-7-19-9-11-21-12-10-20-8-6-18-4-2-16-14-18;11-1-3-13-5-7-15-9-10-16-8-6-14-4-2-12;1-2-3;;/h1-4,23-24H,5-22H2;1-4,13-14H,5-12H2;1-10H2;1H3;2*1H/q+2;;;;;/p-2. The van der Waals surface area contributed by atoms with Crippen LogP contribution in [0.25, 0.3) is 0 Å². The average Bonchev–Trinajstić information content (AvgIpc) is 4.29. The van der Waals surface area contributed by atoms with Gasteiger partial charge in [-0.2, -0.15) is 5.26 Å². The molecule has 0 radical (unpaired) electrons. The first-order chi connectivity index (χ1) is 37.2. The van der Waals surface area contributed by atoms with Gasteiger partial charge in [-0.25, -0.2) is 28.2 Å². The third-order valence-corrected chi connectivity index (χ3v) is 10.0. The lowest BCUT2D eigenvalue weighted by Gasteiger charge is -2.07. The first-order valence-electron chi connectivity index (χ1n) is 25.7. The highest BCUT2D eigenvalue weighted by molar-refractivity contribution is 6.18. The van der Waals surface area contributed by atoms with Crippen molar-refractivity contribution in [1.82, 2.24) is 28.2 Å². The number of aromatic nitrogens is 8. The fourth-order valence-corrected chi connectivity index (χ4v) is 6.20. The first kappa shape index (κ1) is 73.9. The third-order valence-electron chi connectivity index (χ3n) is 9.74. The number of rotatable bonds is 25. The molecular weight excluding hydrogens is 1090 g/mol. The van der Waals surface area contributed by atoms with Crippen LogP contribution in [0.1, 0.15) is 6.92 Å². The number of halogens is 4. The molecule has 444 valence electrons. The van der Waals surface area contributed by atoms with E-state index in [1.54, 1.807) is 31.1 Å². The molecule has 5 heterocycles. The number of hydrogen-bond donors (Lipinski definition) is 0. The number of alkyl halides is 2. The fourth-order valence-electron chi connectivity index (χ4n) is 5.98. The Morgan fingerprint density at radius 3 is 1.03 bits per heavy atom. The summed E-state index contributed by atoms with van der Waals surface area (Å²) in [5.74, 6) is 1.04. The summed E-state index contributed by atoms with van der Waals surface area (Å²) >= 11 is 10.9. The van der Waals surface area contributed by atoms with Crippen molar-refractivity contribution in [3.05, 3.63) is 74.9 Å². The Hall–Kier alpha value is -3.07. The van der Waals surface area contributed by atoms with E-state index in [9.17, 15) is 0 Å². The Kier molecular flexibility index (Phi) is 56.7. The van der Waals surface area contributed by atoms with Gasteiger partial charge in [-0.1, -0.05) is 0 Å². The maximum absolute atomic E-state index is 7.32. The zero-order chi connectivity index (χ0) is 53.4. The molecule has 0 saturated carbocycles. The molecule has 0 atom stereocenters. The molecule has 77 heavy (non-hydrogen) atoms. The van der Waals surface area contributed by atoms with Crippen LogP contribution >= 0.6 is 23.2 Å². The average molecular weight is 1180 g/mol. The fraction of sp³-hybridized carbons (Fsp3) is 0.740. The van der Waals surface area contributed by atoms with Gasteiger partial charge in [0.2, 0.25) is 12.7 Å². The Balaban J connectivity index is 0.00000118. The summed E-state index contributed by atoms with van der Waals surface area (Å²) < 4.78 is 88.8. The predicted molar refractivity (Wildman–Crippen MR) is 278 cm³/mol. The minimum absolute atomic E-state index is 0. The van der Waals surface area contributed by atoms with E-state index < -0.39 is 0 Å². The smallest absolute Gasteiger partial charge is 0.243 e. The van der Waals surface area contributed by atoms with Gasteiger partial charge in [0.05, 0.1) is 204 Å². The van der Waals surface area contributed by atoms with Crippen molar-refractivity contribution in [1.29, 1.82) is 5.26 Å². The van der Waals surface area contributed by atoms with Gasteiger partial charge in [-0.05, 0) is 0 Å². The molecule has 0 spiro atoms. The van der Waals surface area contributed by atoms with E-state index in [2.05, 4.69) is 40.9 Å². The van der Waals surface area contributed by atoms with Crippen LogP contribution in [-0.4, -0.2) is 225 Å². The molecule has 0 saturated heterocycles. The Morgan fingerprint density at radius 2 is 0.727 bits per heavy atom. The molecule has 0 aliphatic carbocycles. The van der Waals surface area contributed by atoms with Crippen molar-refractivity contribution in [2.75, 3.05) is 197 Å². The zero-order valence-electron chi connectivity index (χ0n) is 45.1. The van der Waals surface area contributed by atoms with Gasteiger partial charge in [0.1, 0.15) is 51.0 Å². The number of nitriles is 1. The van der Waals surface area contributed by atoms with Crippen LogP contribution < -0.4 is 33.9 Å². The van der Waals surface area contributed by atoms with Gasteiger partial charge in [0.15, 0.2) is 0 Å². The number of imidazole rings is 4. The summed E-state index contributed by atoms with van der Waals surface area (Å²) in [5, 5.41) is 7.32. The predicted octanol–water partition coefficient (Wildman–Crippen LogP) is -3.41. The molecule has 0 amide bonds. The van der Waals surface area contributed by atoms with Crippen molar-refractivity contribution in [2.24, 2.45) is 0 Å². The highest BCUT2D eigenvalue weighted by Crippen LogP contribution is 1.93. The quantitative estimate of drug-likeness (QED) is 0.0360. The maximum atomic E-state index is 7.32. The Labute approximate surface area is 478 Å². The highest BCUT2D eigenvalue weighted by atomic mass is 35.5. The molecule has 0 N–H and O–H groups in total. The van der Waals surface area contributed by atoms with Gasteiger partial charge in [-0.15, -0.1) is 23.2 Å². The first-order valence-corrected chi connectivity index (χ1v) is 26.8. The number of ether oxygens (including phenoxy) is 14. The van der Waals surface area contributed by atoms with Crippen LogP contribution in [0.4, 0.5) is 0 Å². The van der Waals surface area contributed by atoms with Gasteiger partial charge in [0.25, 0.3) is 0 Å². The maximum Gasteiger partial charge on any atom is 0.243 e. The third kappa shape index (κ3) is 48.6. The second-order valence-corrected chi connectivity index (χ2v) is 16.3. The van der Waals surface area contributed by atoms with Crippen molar-refractivity contribution in [2.45, 2.75) is 46.2 Å². The van der Waals surface area contributed by atoms with Gasteiger partial charge in [-0.3, -0.25) is 0 Å². The van der Waals surface area contributed by atoms with E-state index in [1.807, 2.05) is 46.3 Å². The van der Waals surface area contributed by atoms with Crippen LogP contribution in [-0.2, 0) is 106 Å². The monoisotopic (exact) mass is 1180 g/mol. The van der Waals surface area contributed by atoms with E-state index in [0.717, 1.165) is 39.3 Å². The van der Waals surface area contributed by atoms with Crippen molar-refractivity contribution in [3.8, 4) is 6.07 Å². The second kappa shape index (κ2) is 59.1. The van der Waals surface area contributed by atoms with Crippen LogP contribution in [0.15, 0.2) is 74.9 Å². The molecule has 4 aromatic heterocycles. The molecule has 4 bridgehead atoms. The second-order valence-electron chi connectivity index (χ2n) is 15.6. The SMILES string of the molecule is CC#N.ClCCOCCOCCOCCOCCCl.[Cl-].[Cl-].c1c[n+]2cn1CCOCCOCCOCCOCCn1cc[n+](c1)CCOCCOCCOCC2.c1cn(CCOCCOCCOCCn2ccnc2)cn1. The molecule has 1 aliphatic rings. The van der Waals surface area contributed by atoms with Crippen LogP contribution in [0.5, 0.6) is 0 Å². The molecule has 5 rings (SSSR count). The normalized spacial score (nSPS) is 14.7. The van der Waals surface area contributed by atoms with E-state index in [4.69, 9.17) is 94.8 Å². The van der Waals surface area contributed by atoms with Crippen LogP contribution in [0.2, 0.25) is 0 Å². The molecular formula is C50H87Cl4N9O14. The largest absolute Gasteiger partial charge is 1.00 e. The Morgan fingerprint density at radius 1 is 0.442 bits per heavy atom. The lowest BCUT2D eigenvalue weighted by Crippen LogP contribution is -3.00. The topological polar surface area (TPSA) is 206 Å². The highest BCUT2D eigenvalue weighted by Gasteiger charge is 2.06. The Bertz CT molecular complexity index is 1670. The summed E-state index contributed by atoms with van der Waals surface area (Å²) in [6, 6.07) is 1.75. The summed E-state index contributed by atoms with van der Waals surface area (Å²) in [6.07, 6.45) is 23.2. The number of hydrogen-bond acceptors (Lipinski definition) is 17. The number of nitrogens with zero attached hydrogens (tertiary/aromatic N) is 9.